The molecule has 1 aromatic carbocycles. The van der Waals surface area contributed by atoms with Gasteiger partial charge in [-0.1, -0.05) is 12.1 Å². The zero-order valence-electron chi connectivity index (χ0n) is 15.7. The molecule has 0 saturated carbocycles. The molecular weight excluding hydrogens is 328 g/mol. The van der Waals surface area contributed by atoms with Crippen molar-refractivity contribution in [3.63, 3.8) is 0 Å². The Balaban J connectivity index is 1.63. The molecule has 0 aliphatic carbocycles. The Morgan fingerprint density at radius 2 is 1.62 bits per heavy atom. The molecule has 4 rings (SSSR count). The minimum absolute atomic E-state index is 0.0734. The Labute approximate surface area is 152 Å². The summed E-state index contributed by atoms with van der Waals surface area (Å²) in [5, 5.41) is 0. The fourth-order valence-electron chi connectivity index (χ4n) is 3.79. The van der Waals surface area contributed by atoms with E-state index in [1.54, 1.807) is 29.6 Å². The van der Waals surface area contributed by atoms with E-state index in [9.17, 15) is 4.79 Å². The Morgan fingerprint density at radius 3 is 2.35 bits per heavy atom. The molecule has 2 aromatic heterocycles. The lowest BCUT2D eigenvalue weighted by Crippen LogP contribution is -2.47. The highest BCUT2D eigenvalue weighted by Gasteiger charge is 2.23. The fourth-order valence-corrected chi connectivity index (χ4v) is 3.79. The monoisotopic (exact) mass is 352 g/mol. The fraction of sp³-hybridized carbons (Fsp3) is 0.421. The van der Waals surface area contributed by atoms with Crippen LogP contribution in [0, 0.1) is 13.8 Å². The van der Waals surface area contributed by atoms with Crippen LogP contribution >= 0.6 is 0 Å². The normalized spacial score (nSPS) is 15.1. The number of rotatable bonds is 2. The van der Waals surface area contributed by atoms with E-state index in [-0.39, 0.29) is 5.69 Å². The predicted octanol–water partition coefficient (Wildman–Crippen LogP) is 1.61. The molecule has 0 spiro atoms. The van der Waals surface area contributed by atoms with Gasteiger partial charge in [-0.3, -0.25) is 9.13 Å². The molecule has 7 nitrogen and oxygen atoms in total. The third kappa shape index (κ3) is 2.46. The summed E-state index contributed by atoms with van der Waals surface area (Å²) in [6.45, 7) is 7.92. The SMILES string of the molecule is Cc1cccc(N2CCN(c3ncnc4c3n(C)c(=O)n4C)CC2)c1C. The molecule has 0 bridgehead atoms. The van der Waals surface area contributed by atoms with E-state index in [1.807, 2.05) is 0 Å². The van der Waals surface area contributed by atoms with Gasteiger partial charge in [0.2, 0.25) is 0 Å². The van der Waals surface area contributed by atoms with Gasteiger partial charge in [0.05, 0.1) is 0 Å². The van der Waals surface area contributed by atoms with E-state index in [2.05, 4.69) is 51.8 Å². The first-order valence-corrected chi connectivity index (χ1v) is 8.91. The highest BCUT2D eigenvalue weighted by Crippen LogP contribution is 2.27. The summed E-state index contributed by atoms with van der Waals surface area (Å²) in [5.74, 6) is 0.843. The molecule has 136 valence electrons. The van der Waals surface area contributed by atoms with E-state index in [4.69, 9.17) is 0 Å². The van der Waals surface area contributed by atoms with Gasteiger partial charge in [0.25, 0.3) is 0 Å². The van der Waals surface area contributed by atoms with Crippen molar-refractivity contribution < 1.29 is 0 Å². The molecule has 0 radical (unpaired) electrons. The van der Waals surface area contributed by atoms with Crippen molar-refractivity contribution in [3.8, 4) is 0 Å². The number of aryl methyl sites for hydroxylation is 3. The third-order valence-corrected chi connectivity index (χ3v) is 5.51. The van der Waals surface area contributed by atoms with Gasteiger partial charge in [0, 0.05) is 46.0 Å². The van der Waals surface area contributed by atoms with E-state index in [0.29, 0.717) is 5.65 Å². The van der Waals surface area contributed by atoms with Crippen molar-refractivity contribution in [2.24, 2.45) is 14.1 Å². The van der Waals surface area contributed by atoms with Gasteiger partial charge in [-0.05, 0) is 31.0 Å². The second-order valence-electron chi connectivity index (χ2n) is 6.96. The van der Waals surface area contributed by atoms with Crippen LogP contribution < -0.4 is 15.5 Å². The molecule has 0 unspecified atom stereocenters. The third-order valence-electron chi connectivity index (χ3n) is 5.51. The predicted molar refractivity (Wildman–Crippen MR) is 104 cm³/mol. The van der Waals surface area contributed by atoms with Crippen molar-refractivity contribution in [1.29, 1.82) is 0 Å². The molecule has 0 N–H and O–H groups in total. The Kier molecular flexibility index (Phi) is 3.94. The second-order valence-corrected chi connectivity index (χ2v) is 6.96. The second kappa shape index (κ2) is 6.16. The molecule has 1 aliphatic rings. The molecule has 26 heavy (non-hydrogen) atoms. The zero-order valence-corrected chi connectivity index (χ0v) is 15.7. The maximum atomic E-state index is 12.3. The molecule has 0 atom stereocenters. The number of benzene rings is 1. The van der Waals surface area contributed by atoms with E-state index in [0.717, 1.165) is 37.5 Å². The number of fused-ring (bicyclic) bond motifs is 1. The van der Waals surface area contributed by atoms with Crippen LogP contribution in [-0.4, -0.2) is 45.3 Å². The van der Waals surface area contributed by atoms with Gasteiger partial charge >= 0.3 is 5.69 Å². The number of imidazole rings is 1. The first-order chi connectivity index (χ1) is 12.5. The Morgan fingerprint density at radius 1 is 0.923 bits per heavy atom. The summed E-state index contributed by atoms with van der Waals surface area (Å²) in [5.41, 5.74) is 5.39. The zero-order chi connectivity index (χ0) is 18.4. The van der Waals surface area contributed by atoms with Crippen LogP contribution in [0.15, 0.2) is 29.3 Å². The van der Waals surface area contributed by atoms with Crippen molar-refractivity contribution in [2.75, 3.05) is 36.0 Å². The van der Waals surface area contributed by atoms with Gasteiger partial charge in [-0.2, -0.15) is 0 Å². The number of hydrogen-bond acceptors (Lipinski definition) is 5. The number of nitrogens with zero attached hydrogens (tertiary/aromatic N) is 6. The summed E-state index contributed by atoms with van der Waals surface area (Å²) in [7, 11) is 3.53. The van der Waals surface area contributed by atoms with Gasteiger partial charge < -0.3 is 9.80 Å². The molecule has 7 heteroatoms. The average Bonchev–Trinajstić information content (AvgIpc) is 2.89. The molecule has 3 aromatic rings. The van der Waals surface area contributed by atoms with Crippen molar-refractivity contribution in [1.82, 2.24) is 19.1 Å². The van der Waals surface area contributed by atoms with Crippen molar-refractivity contribution in [2.45, 2.75) is 13.8 Å². The number of piperazine rings is 1. The standard InChI is InChI=1S/C19H24N6O/c1-13-6-5-7-15(14(13)2)24-8-10-25(11-9-24)18-16-17(20-12-21-18)23(4)19(26)22(16)3/h5-7,12H,8-11H2,1-4H3. The minimum atomic E-state index is -0.0734. The lowest BCUT2D eigenvalue weighted by Gasteiger charge is -2.37. The molecule has 1 aliphatic heterocycles. The van der Waals surface area contributed by atoms with Gasteiger partial charge in [0.15, 0.2) is 11.5 Å². The maximum absolute atomic E-state index is 12.3. The van der Waals surface area contributed by atoms with Gasteiger partial charge in [-0.15, -0.1) is 0 Å². The van der Waals surface area contributed by atoms with Crippen LogP contribution in [0.2, 0.25) is 0 Å². The lowest BCUT2D eigenvalue weighted by atomic mass is 10.1. The van der Waals surface area contributed by atoms with Crippen LogP contribution in [-0.2, 0) is 14.1 Å². The van der Waals surface area contributed by atoms with E-state index >= 15 is 0 Å². The van der Waals surface area contributed by atoms with Gasteiger partial charge in [-0.25, -0.2) is 14.8 Å². The van der Waals surface area contributed by atoms with Crippen molar-refractivity contribution in [3.05, 3.63) is 46.1 Å². The number of aromatic nitrogens is 4. The average molecular weight is 352 g/mol. The molecular formula is C19H24N6O. The lowest BCUT2D eigenvalue weighted by molar-refractivity contribution is 0.646. The Bertz CT molecular complexity index is 1030. The largest absolute Gasteiger partial charge is 0.368 e. The van der Waals surface area contributed by atoms with Crippen LogP contribution in [0.3, 0.4) is 0 Å². The molecule has 0 amide bonds. The highest BCUT2D eigenvalue weighted by molar-refractivity contribution is 5.84. The summed E-state index contributed by atoms with van der Waals surface area (Å²) < 4.78 is 3.22. The number of hydrogen-bond donors (Lipinski definition) is 0. The van der Waals surface area contributed by atoms with E-state index < -0.39 is 0 Å². The van der Waals surface area contributed by atoms with Crippen LogP contribution in [0.4, 0.5) is 11.5 Å². The highest BCUT2D eigenvalue weighted by atomic mass is 16.1. The maximum Gasteiger partial charge on any atom is 0.329 e. The van der Waals surface area contributed by atoms with Crippen molar-refractivity contribution >= 4 is 22.7 Å². The first kappa shape index (κ1) is 16.6. The summed E-state index contributed by atoms with van der Waals surface area (Å²) in [4.78, 5) is 25.7. The van der Waals surface area contributed by atoms with Crippen LogP contribution in [0.25, 0.3) is 11.2 Å². The molecule has 1 saturated heterocycles. The molecule has 3 heterocycles. The topological polar surface area (TPSA) is 59.2 Å². The Hall–Kier alpha value is -2.83. The smallest absolute Gasteiger partial charge is 0.329 e. The van der Waals surface area contributed by atoms with Crippen LogP contribution in [0.1, 0.15) is 11.1 Å². The summed E-state index contributed by atoms with van der Waals surface area (Å²) in [6.07, 6.45) is 1.55. The van der Waals surface area contributed by atoms with Crippen LogP contribution in [0.5, 0.6) is 0 Å². The minimum Gasteiger partial charge on any atom is -0.368 e. The first-order valence-electron chi connectivity index (χ1n) is 8.91. The summed E-state index contributed by atoms with van der Waals surface area (Å²) in [6, 6.07) is 6.47. The van der Waals surface area contributed by atoms with E-state index in [1.165, 1.54) is 16.8 Å². The quantitative estimate of drug-likeness (QED) is 0.701. The number of anilines is 2. The molecule has 1 fully saturated rings. The van der Waals surface area contributed by atoms with Gasteiger partial charge in [0.1, 0.15) is 11.8 Å². The summed E-state index contributed by atoms with van der Waals surface area (Å²) >= 11 is 0.